The number of halogens is 1. The number of carbonyl (C=O) groups excluding carboxylic acids is 1. The largest absolute Gasteiger partial charge is 0.467 e. The molecule has 0 unspecified atom stereocenters. The number of benzene rings is 1. The number of hydrogen-bond acceptors (Lipinski definition) is 6. The van der Waals surface area contributed by atoms with Gasteiger partial charge in [0.25, 0.3) is 5.56 Å². The Morgan fingerprint density at radius 3 is 2.96 bits per heavy atom. The van der Waals surface area contributed by atoms with Gasteiger partial charge in [0.1, 0.15) is 5.76 Å². The minimum Gasteiger partial charge on any atom is -0.467 e. The van der Waals surface area contributed by atoms with Crippen molar-refractivity contribution in [3.63, 3.8) is 0 Å². The van der Waals surface area contributed by atoms with Crippen LogP contribution in [0.1, 0.15) is 25.5 Å². The Labute approximate surface area is 165 Å². The molecule has 0 saturated carbocycles. The maximum Gasteiger partial charge on any atom is 0.316 e. The quantitative estimate of drug-likeness (QED) is 0.242. The molecule has 0 bridgehead atoms. The molecule has 27 heavy (non-hydrogen) atoms. The molecule has 0 fully saturated rings. The van der Waals surface area contributed by atoms with E-state index in [1.54, 1.807) is 36.6 Å². The Balaban J connectivity index is 1.90. The van der Waals surface area contributed by atoms with E-state index in [-0.39, 0.29) is 23.8 Å². The summed E-state index contributed by atoms with van der Waals surface area (Å²) in [6.07, 6.45) is 3.33. The summed E-state index contributed by atoms with van der Waals surface area (Å²) in [4.78, 5) is 29.4. The van der Waals surface area contributed by atoms with Crippen LogP contribution in [0, 0.1) is 0 Å². The van der Waals surface area contributed by atoms with Crippen molar-refractivity contribution >= 4 is 40.2 Å². The number of fused-ring (bicyclic) bond motifs is 1. The van der Waals surface area contributed by atoms with E-state index in [1.165, 1.54) is 4.57 Å². The van der Waals surface area contributed by atoms with Gasteiger partial charge in [0.15, 0.2) is 5.16 Å². The zero-order valence-electron chi connectivity index (χ0n) is 14.8. The van der Waals surface area contributed by atoms with Crippen molar-refractivity contribution in [1.82, 2.24) is 9.55 Å². The zero-order chi connectivity index (χ0) is 19.2. The Morgan fingerprint density at radius 1 is 1.37 bits per heavy atom. The van der Waals surface area contributed by atoms with E-state index in [2.05, 4.69) is 4.98 Å². The lowest BCUT2D eigenvalue weighted by atomic mass is 10.2. The maximum absolute atomic E-state index is 13.0. The first kappa shape index (κ1) is 19.5. The summed E-state index contributed by atoms with van der Waals surface area (Å²) in [7, 11) is 0. The summed E-state index contributed by atoms with van der Waals surface area (Å²) in [5, 5.41) is 1.37. The number of carbonyl (C=O) groups is 1. The predicted molar refractivity (Wildman–Crippen MR) is 105 cm³/mol. The average molecular weight is 407 g/mol. The van der Waals surface area contributed by atoms with E-state index in [0.29, 0.717) is 33.4 Å². The second-order valence-electron chi connectivity index (χ2n) is 5.89. The summed E-state index contributed by atoms with van der Waals surface area (Å²) >= 11 is 7.19. The average Bonchev–Trinajstić information content (AvgIpc) is 3.16. The van der Waals surface area contributed by atoms with Crippen molar-refractivity contribution in [3.05, 3.63) is 57.7 Å². The minimum absolute atomic E-state index is 0.0698. The highest BCUT2D eigenvalue weighted by Gasteiger charge is 2.15. The lowest BCUT2D eigenvalue weighted by Crippen LogP contribution is -2.24. The maximum atomic E-state index is 13.0. The second kappa shape index (κ2) is 9.10. The van der Waals surface area contributed by atoms with Crippen LogP contribution in [0.5, 0.6) is 0 Å². The molecule has 6 nitrogen and oxygen atoms in total. The van der Waals surface area contributed by atoms with Gasteiger partial charge in [0.05, 0.1) is 36.1 Å². The third-order valence-electron chi connectivity index (χ3n) is 3.86. The Hall–Kier alpha value is -2.25. The molecular weight excluding hydrogens is 388 g/mol. The molecule has 3 aromatic rings. The smallest absolute Gasteiger partial charge is 0.316 e. The highest BCUT2D eigenvalue weighted by Crippen LogP contribution is 2.21. The number of hydrogen-bond donors (Lipinski definition) is 0. The van der Waals surface area contributed by atoms with E-state index in [9.17, 15) is 9.59 Å². The summed E-state index contributed by atoms with van der Waals surface area (Å²) in [5.74, 6) is 0.360. The molecule has 2 aromatic heterocycles. The van der Waals surface area contributed by atoms with Crippen LogP contribution in [0.15, 0.2) is 51.0 Å². The predicted octanol–water partition coefficient (Wildman–Crippen LogP) is 4.13. The molecule has 8 heteroatoms. The lowest BCUT2D eigenvalue weighted by Gasteiger charge is -2.12. The van der Waals surface area contributed by atoms with Gasteiger partial charge in [-0.2, -0.15) is 0 Å². The highest BCUT2D eigenvalue weighted by atomic mass is 35.5. The van der Waals surface area contributed by atoms with Crippen LogP contribution in [0.3, 0.4) is 0 Å². The van der Waals surface area contributed by atoms with Gasteiger partial charge in [-0.25, -0.2) is 4.98 Å². The molecule has 0 atom stereocenters. The molecule has 142 valence electrons. The van der Waals surface area contributed by atoms with Crippen LogP contribution in [0.4, 0.5) is 0 Å². The molecule has 0 saturated heterocycles. The highest BCUT2D eigenvalue weighted by molar-refractivity contribution is 7.99. The molecule has 0 aliphatic rings. The van der Waals surface area contributed by atoms with E-state index < -0.39 is 0 Å². The summed E-state index contributed by atoms with van der Waals surface area (Å²) in [6.45, 7) is 2.65. The number of ether oxygens (including phenoxy) is 1. The molecule has 2 heterocycles. The van der Waals surface area contributed by atoms with E-state index >= 15 is 0 Å². The fourth-order valence-corrected chi connectivity index (χ4v) is 3.44. The topological polar surface area (TPSA) is 74.3 Å². The Morgan fingerprint density at radius 2 is 2.22 bits per heavy atom. The first-order valence-electron chi connectivity index (χ1n) is 8.59. The van der Waals surface area contributed by atoms with Crippen molar-refractivity contribution < 1.29 is 13.9 Å². The first-order chi connectivity index (χ1) is 13.1. The van der Waals surface area contributed by atoms with Gasteiger partial charge in [0.2, 0.25) is 0 Å². The third-order valence-corrected chi connectivity index (χ3v) is 5.04. The van der Waals surface area contributed by atoms with Crippen LogP contribution in [-0.2, 0) is 16.1 Å². The molecule has 3 rings (SSSR count). The van der Waals surface area contributed by atoms with Crippen LogP contribution in [-0.4, -0.2) is 27.9 Å². The summed E-state index contributed by atoms with van der Waals surface area (Å²) < 4.78 is 12.0. The molecular formula is C19H19ClN2O4S. The number of furan rings is 1. The van der Waals surface area contributed by atoms with Crippen LogP contribution >= 0.6 is 23.4 Å². The van der Waals surface area contributed by atoms with Gasteiger partial charge in [-0.3, -0.25) is 14.2 Å². The number of nitrogens with zero attached hydrogens (tertiary/aromatic N) is 2. The third kappa shape index (κ3) is 4.93. The molecule has 0 aliphatic carbocycles. The van der Waals surface area contributed by atoms with Crippen molar-refractivity contribution in [2.45, 2.75) is 31.5 Å². The lowest BCUT2D eigenvalue weighted by molar-refractivity contribution is -0.140. The van der Waals surface area contributed by atoms with Crippen LogP contribution < -0.4 is 5.56 Å². The number of esters is 1. The second-order valence-corrected chi connectivity index (χ2v) is 7.27. The first-order valence-corrected chi connectivity index (χ1v) is 9.95. The molecule has 1 aromatic carbocycles. The standard InChI is InChI=1S/C19H19ClN2O4S/c1-2-3-8-26-17(23)12-27-19-21-16-10-13(20)6-7-15(16)18(24)22(19)11-14-5-4-9-25-14/h4-7,9-10H,2-3,8,11-12H2,1H3. The summed E-state index contributed by atoms with van der Waals surface area (Å²) in [5.41, 5.74) is 0.278. The molecule has 0 amide bonds. The number of aromatic nitrogens is 2. The SMILES string of the molecule is CCCCOC(=O)CSc1nc2cc(Cl)ccc2c(=O)n1Cc1ccco1. The fourth-order valence-electron chi connectivity index (χ4n) is 2.48. The molecule has 0 N–H and O–H groups in total. The van der Waals surface area contributed by atoms with Gasteiger partial charge in [-0.05, 0) is 36.8 Å². The van der Waals surface area contributed by atoms with Crippen LogP contribution in [0.2, 0.25) is 5.02 Å². The fraction of sp³-hybridized carbons (Fsp3) is 0.316. The van der Waals surface area contributed by atoms with Gasteiger partial charge in [0, 0.05) is 5.02 Å². The molecule has 0 radical (unpaired) electrons. The van der Waals surface area contributed by atoms with Crippen molar-refractivity contribution in [3.8, 4) is 0 Å². The normalized spacial score (nSPS) is 11.0. The van der Waals surface area contributed by atoms with Gasteiger partial charge >= 0.3 is 5.97 Å². The van der Waals surface area contributed by atoms with Gasteiger partial charge in [-0.15, -0.1) is 0 Å². The van der Waals surface area contributed by atoms with Crippen LogP contribution in [0.25, 0.3) is 10.9 Å². The van der Waals surface area contributed by atoms with E-state index in [4.69, 9.17) is 20.8 Å². The number of thioether (sulfide) groups is 1. The monoisotopic (exact) mass is 406 g/mol. The van der Waals surface area contributed by atoms with E-state index in [0.717, 1.165) is 24.6 Å². The number of rotatable bonds is 8. The van der Waals surface area contributed by atoms with Crippen molar-refractivity contribution in [2.75, 3.05) is 12.4 Å². The molecule has 0 spiro atoms. The van der Waals surface area contributed by atoms with Gasteiger partial charge < -0.3 is 9.15 Å². The minimum atomic E-state index is -0.335. The Kier molecular flexibility index (Phi) is 6.58. The summed E-state index contributed by atoms with van der Waals surface area (Å²) in [6, 6.07) is 8.48. The molecule has 0 aliphatic heterocycles. The number of unbranched alkanes of at least 4 members (excludes halogenated alkanes) is 1. The van der Waals surface area contributed by atoms with Gasteiger partial charge in [-0.1, -0.05) is 36.7 Å². The Bertz CT molecular complexity index is 985. The van der Waals surface area contributed by atoms with Crippen molar-refractivity contribution in [2.24, 2.45) is 0 Å². The van der Waals surface area contributed by atoms with E-state index in [1.807, 2.05) is 6.92 Å². The zero-order valence-corrected chi connectivity index (χ0v) is 16.4. The van der Waals surface area contributed by atoms with Crippen molar-refractivity contribution in [1.29, 1.82) is 0 Å².